The molecule has 0 spiro atoms. The maximum Gasteiger partial charge on any atom is 0.321 e. The number of rotatable bonds is 6. The van der Waals surface area contributed by atoms with Crippen LogP contribution in [0.3, 0.4) is 0 Å². The third kappa shape index (κ3) is 7.36. The number of thioether (sulfide) groups is 1. The van der Waals surface area contributed by atoms with E-state index in [1.165, 1.54) is 0 Å². The molecule has 7 heteroatoms. The summed E-state index contributed by atoms with van der Waals surface area (Å²) in [4.78, 5) is 33.8. The van der Waals surface area contributed by atoms with Crippen molar-refractivity contribution >= 4 is 29.7 Å². The minimum absolute atomic E-state index is 0.0406. The number of amides is 3. The molecule has 0 aromatic rings. The van der Waals surface area contributed by atoms with Crippen LogP contribution in [0, 0.1) is 5.92 Å². The van der Waals surface area contributed by atoms with Gasteiger partial charge in [-0.1, -0.05) is 6.92 Å². The molecule has 0 saturated heterocycles. The summed E-state index contributed by atoms with van der Waals surface area (Å²) in [7, 11) is 0. The van der Waals surface area contributed by atoms with Crippen molar-refractivity contribution in [2.75, 3.05) is 6.26 Å². The van der Waals surface area contributed by atoms with Crippen LogP contribution >= 0.6 is 11.8 Å². The molecule has 1 saturated carbocycles. The molecule has 1 unspecified atom stereocenters. The highest BCUT2D eigenvalue weighted by atomic mass is 32.2. The van der Waals surface area contributed by atoms with Gasteiger partial charge in [0.15, 0.2) is 0 Å². The van der Waals surface area contributed by atoms with Crippen molar-refractivity contribution in [2.45, 2.75) is 56.7 Å². The van der Waals surface area contributed by atoms with E-state index in [4.69, 9.17) is 5.11 Å². The maximum atomic E-state index is 11.7. The molecule has 6 nitrogen and oxygen atoms in total. The fraction of sp³-hybridized carbons (Fsp3) is 0.786. The van der Waals surface area contributed by atoms with Crippen molar-refractivity contribution in [3.63, 3.8) is 0 Å². The molecule has 1 atom stereocenters. The third-order valence-corrected chi connectivity index (χ3v) is 4.79. The van der Waals surface area contributed by atoms with E-state index in [-0.39, 0.29) is 24.8 Å². The van der Waals surface area contributed by atoms with Crippen LogP contribution in [0.15, 0.2) is 0 Å². The normalized spacial score (nSPS) is 23.1. The molecule has 1 fully saturated rings. The van der Waals surface area contributed by atoms with Gasteiger partial charge in [0, 0.05) is 24.1 Å². The second kappa shape index (κ2) is 8.92. The first-order valence-electron chi connectivity index (χ1n) is 7.25. The molecule has 0 aromatic heterocycles. The van der Waals surface area contributed by atoms with E-state index < -0.39 is 17.9 Å². The average molecular weight is 316 g/mol. The molecule has 0 bridgehead atoms. The van der Waals surface area contributed by atoms with Gasteiger partial charge in [-0.05, 0) is 37.9 Å². The predicted molar refractivity (Wildman–Crippen MR) is 82.3 cm³/mol. The molecule has 1 aliphatic carbocycles. The van der Waals surface area contributed by atoms with Crippen LogP contribution in [0.1, 0.15) is 45.4 Å². The predicted octanol–water partition coefficient (Wildman–Crippen LogP) is 1.99. The number of carbonyl (C=O) groups is 3. The Hall–Kier alpha value is -1.24. The second-order valence-electron chi connectivity index (χ2n) is 5.64. The number of aliphatic carboxylic acids is 1. The Labute approximate surface area is 129 Å². The van der Waals surface area contributed by atoms with Gasteiger partial charge in [0.1, 0.15) is 0 Å². The smallest absolute Gasteiger partial charge is 0.321 e. The van der Waals surface area contributed by atoms with Crippen molar-refractivity contribution in [3.8, 4) is 0 Å². The zero-order valence-electron chi connectivity index (χ0n) is 12.6. The van der Waals surface area contributed by atoms with Gasteiger partial charge in [-0.15, -0.1) is 0 Å². The van der Waals surface area contributed by atoms with Crippen LogP contribution in [0.5, 0.6) is 0 Å². The van der Waals surface area contributed by atoms with Crippen molar-refractivity contribution in [1.82, 2.24) is 10.6 Å². The minimum atomic E-state index is -0.940. The number of urea groups is 1. The maximum absolute atomic E-state index is 11.7. The summed E-state index contributed by atoms with van der Waals surface area (Å²) in [5, 5.41) is 14.4. The molecule has 0 heterocycles. The lowest BCUT2D eigenvalue weighted by atomic mass is 9.95. The highest BCUT2D eigenvalue weighted by Gasteiger charge is 2.22. The summed E-state index contributed by atoms with van der Waals surface area (Å²) in [6.07, 6.45) is 6.09. The highest BCUT2D eigenvalue weighted by molar-refractivity contribution is 7.99. The molecule has 1 aliphatic rings. The first-order valence-corrected chi connectivity index (χ1v) is 8.54. The number of carboxylic acid groups (broad SMARTS) is 1. The zero-order valence-corrected chi connectivity index (χ0v) is 13.4. The summed E-state index contributed by atoms with van der Waals surface area (Å²) in [6.45, 7) is 1.68. The van der Waals surface area contributed by atoms with Gasteiger partial charge in [0.25, 0.3) is 0 Å². The van der Waals surface area contributed by atoms with Crippen molar-refractivity contribution in [3.05, 3.63) is 0 Å². The summed E-state index contributed by atoms with van der Waals surface area (Å²) in [6, 6.07) is -0.354. The van der Waals surface area contributed by atoms with Gasteiger partial charge in [-0.2, -0.15) is 11.8 Å². The summed E-state index contributed by atoms with van der Waals surface area (Å²) in [5.74, 6) is -1.66. The van der Waals surface area contributed by atoms with Crippen molar-refractivity contribution in [2.24, 2.45) is 5.92 Å². The monoisotopic (exact) mass is 316 g/mol. The van der Waals surface area contributed by atoms with E-state index in [9.17, 15) is 14.4 Å². The fourth-order valence-corrected chi connectivity index (χ4v) is 3.27. The quantitative estimate of drug-likeness (QED) is 0.696. The molecule has 120 valence electrons. The number of carbonyl (C=O) groups excluding carboxylic acids is 2. The standard InChI is InChI=1S/C14H24N2O4S/c1-9(8-13(18)19)7-12(17)16-14(20)15-10-3-5-11(21-2)6-4-10/h9-11H,3-8H2,1-2H3,(H,18,19)(H2,15,16,17,20). The van der Waals surface area contributed by atoms with Crippen LogP contribution in [0.25, 0.3) is 0 Å². The molecule has 3 amide bonds. The lowest BCUT2D eigenvalue weighted by Crippen LogP contribution is -2.46. The molecule has 0 aliphatic heterocycles. The zero-order chi connectivity index (χ0) is 15.8. The Morgan fingerprint density at radius 3 is 2.33 bits per heavy atom. The van der Waals surface area contributed by atoms with E-state index in [0.29, 0.717) is 5.25 Å². The molecular weight excluding hydrogens is 292 g/mol. The van der Waals surface area contributed by atoms with Crippen LogP contribution in [0.4, 0.5) is 4.79 Å². The Bertz CT molecular complexity index is 381. The van der Waals surface area contributed by atoms with Crippen LogP contribution in [-0.2, 0) is 9.59 Å². The molecule has 1 rings (SSSR count). The van der Waals surface area contributed by atoms with E-state index in [1.54, 1.807) is 6.92 Å². The van der Waals surface area contributed by atoms with E-state index in [0.717, 1.165) is 25.7 Å². The van der Waals surface area contributed by atoms with Crippen LogP contribution in [-0.4, -0.2) is 40.6 Å². The molecule has 0 aromatic carbocycles. The SMILES string of the molecule is CSC1CCC(NC(=O)NC(=O)CC(C)CC(=O)O)CC1. The number of hydrogen-bond donors (Lipinski definition) is 3. The number of nitrogens with one attached hydrogen (secondary N) is 2. The number of imide groups is 1. The lowest BCUT2D eigenvalue weighted by Gasteiger charge is -2.27. The van der Waals surface area contributed by atoms with Gasteiger partial charge in [-0.3, -0.25) is 14.9 Å². The van der Waals surface area contributed by atoms with E-state index in [1.807, 2.05) is 11.8 Å². The van der Waals surface area contributed by atoms with Crippen molar-refractivity contribution < 1.29 is 19.5 Å². The Morgan fingerprint density at radius 1 is 1.19 bits per heavy atom. The van der Waals surface area contributed by atoms with E-state index in [2.05, 4.69) is 16.9 Å². The van der Waals surface area contributed by atoms with Crippen LogP contribution < -0.4 is 10.6 Å². The van der Waals surface area contributed by atoms with Gasteiger partial charge in [-0.25, -0.2) is 4.79 Å². The van der Waals surface area contributed by atoms with Gasteiger partial charge in [0.2, 0.25) is 5.91 Å². The second-order valence-corrected chi connectivity index (χ2v) is 6.78. The lowest BCUT2D eigenvalue weighted by molar-refractivity contribution is -0.138. The van der Waals surface area contributed by atoms with Crippen molar-refractivity contribution in [1.29, 1.82) is 0 Å². The number of carboxylic acids is 1. The van der Waals surface area contributed by atoms with Gasteiger partial charge in [0.05, 0.1) is 0 Å². The minimum Gasteiger partial charge on any atom is -0.481 e. The Morgan fingerprint density at radius 2 is 1.81 bits per heavy atom. The van der Waals surface area contributed by atoms with E-state index >= 15 is 0 Å². The molecular formula is C14H24N2O4S. The summed E-state index contributed by atoms with van der Waals surface area (Å²) < 4.78 is 0. The third-order valence-electron chi connectivity index (χ3n) is 3.65. The Kier molecular flexibility index (Phi) is 7.56. The first kappa shape index (κ1) is 17.8. The first-order chi connectivity index (χ1) is 9.90. The highest BCUT2D eigenvalue weighted by Crippen LogP contribution is 2.26. The molecule has 0 radical (unpaired) electrons. The average Bonchev–Trinajstić information content (AvgIpc) is 2.37. The molecule has 3 N–H and O–H groups in total. The molecule has 21 heavy (non-hydrogen) atoms. The summed E-state index contributed by atoms with van der Waals surface area (Å²) in [5.41, 5.74) is 0. The van der Waals surface area contributed by atoms with Gasteiger partial charge >= 0.3 is 12.0 Å². The number of hydrogen-bond acceptors (Lipinski definition) is 4. The van der Waals surface area contributed by atoms with Crippen LogP contribution in [0.2, 0.25) is 0 Å². The summed E-state index contributed by atoms with van der Waals surface area (Å²) >= 11 is 1.86. The van der Waals surface area contributed by atoms with Gasteiger partial charge < -0.3 is 10.4 Å². The topological polar surface area (TPSA) is 95.5 Å². The Balaban J connectivity index is 2.24. The fourth-order valence-electron chi connectivity index (χ4n) is 2.53. The largest absolute Gasteiger partial charge is 0.481 e.